The average Bonchev–Trinajstić information content (AvgIpc) is 2.29. The van der Waals surface area contributed by atoms with E-state index in [2.05, 4.69) is 21.9 Å². The van der Waals surface area contributed by atoms with Gasteiger partial charge in [0.05, 0.1) is 13.7 Å². The van der Waals surface area contributed by atoms with Crippen LogP contribution in [0.25, 0.3) is 0 Å². The van der Waals surface area contributed by atoms with Gasteiger partial charge in [-0.05, 0) is 34.6 Å². The lowest BCUT2D eigenvalue weighted by molar-refractivity contribution is -0.134. The molecule has 0 aliphatic carbocycles. The molecule has 0 aromatic heterocycles. The van der Waals surface area contributed by atoms with Gasteiger partial charge in [0.1, 0.15) is 11.2 Å². The number of hydrogen-bond donors (Lipinski definition) is 2. The SMILES string of the molecule is COC(=O)/C=C(\C#CC(C)(C)O)CNC(=O)OC(C)(C)C. The third kappa shape index (κ3) is 11.5. The van der Waals surface area contributed by atoms with E-state index in [-0.39, 0.29) is 6.54 Å². The molecule has 0 saturated heterocycles. The normalized spacial score (nSPS) is 12.0. The van der Waals surface area contributed by atoms with Crippen molar-refractivity contribution in [3.05, 3.63) is 11.6 Å². The minimum atomic E-state index is -1.21. The number of amides is 1. The maximum absolute atomic E-state index is 11.5. The van der Waals surface area contributed by atoms with Gasteiger partial charge in [-0.25, -0.2) is 9.59 Å². The van der Waals surface area contributed by atoms with Crippen molar-refractivity contribution in [2.75, 3.05) is 13.7 Å². The van der Waals surface area contributed by atoms with Crippen molar-refractivity contribution in [3.63, 3.8) is 0 Å². The minimum Gasteiger partial charge on any atom is -0.466 e. The Labute approximate surface area is 125 Å². The molecule has 6 heteroatoms. The fourth-order valence-corrected chi connectivity index (χ4v) is 1.05. The van der Waals surface area contributed by atoms with E-state index in [4.69, 9.17) is 4.74 Å². The van der Waals surface area contributed by atoms with Gasteiger partial charge in [-0.2, -0.15) is 0 Å². The van der Waals surface area contributed by atoms with Gasteiger partial charge in [-0.15, -0.1) is 0 Å². The molecule has 6 nitrogen and oxygen atoms in total. The van der Waals surface area contributed by atoms with E-state index >= 15 is 0 Å². The zero-order chi connectivity index (χ0) is 16.7. The lowest BCUT2D eigenvalue weighted by atomic mass is 10.1. The second kappa shape index (κ2) is 7.70. The van der Waals surface area contributed by atoms with E-state index in [1.54, 1.807) is 20.8 Å². The Bertz CT molecular complexity index is 469. The molecule has 0 bridgehead atoms. The molecule has 0 aliphatic heterocycles. The predicted octanol–water partition coefficient (Wildman–Crippen LogP) is 1.38. The van der Waals surface area contributed by atoms with Gasteiger partial charge in [0.15, 0.2) is 0 Å². The van der Waals surface area contributed by atoms with Gasteiger partial charge >= 0.3 is 12.1 Å². The molecule has 1 amide bonds. The van der Waals surface area contributed by atoms with Crippen molar-refractivity contribution in [3.8, 4) is 11.8 Å². The monoisotopic (exact) mass is 297 g/mol. The molecule has 0 heterocycles. The fraction of sp³-hybridized carbons (Fsp3) is 0.600. The topological polar surface area (TPSA) is 84.9 Å². The highest BCUT2D eigenvalue weighted by molar-refractivity contribution is 5.84. The zero-order valence-electron chi connectivity index (χ0n) is 13.4. The number of methoxy groups -OCH3 is 1. The van der Waals surface area contributed by atoms with Gasteiger partial charge in [-0.1, -0.05) is 11.8 Å². The molecule has 0 radical (unpaired) electrons. The molecular weight excluding hydrogens is 274 g/mol. The van der Waals surface area contributed by atoms with Gasteiger partial charge < -0.3 is 19.9 Å². The average molecular weight is 297 g/mol. The van der Waals surface area contributed by atoms with Crippen molar-refractivity contribution in [2.45, 2.75) is 45.8 Å². The summed E-state index contributed by atoms with van der Waals surface area (Å²) < 4.78 is 9.58. The smallest absolute Gasteiger partial charge is 0.407 e. The number of nitrogens with one attached hydrogen (secondary N) is 1. The second-order valence-corrected chi connectivity index (χ2v) is 5.86. The number of esters is 1. The molecule has 0 rings (SSSR count). The third-order valence-electron chi connectivity index (χ3n) is 1.84. The first kappa shape index (κ1) is 19.0. The molecule has 0 aliphatic rings. The summed E-state index contributed by atoms with van der Waals surface area (Å²) in [5, 5.41) is 12.0. The Hall–Kier alpha value is -2.00. The van der Waals surface area contributed by atoms with Crippen LogP contribution in [0.3, 0.4) is 0 Å². The number of aliphatic hydroxyl groups is 1. The number of ether oxygens (including phenoxy) is 2. The van der Waals surface area contributed by atoms with E-state index in [0.717, 1.165) is 6.08 Å². The van der Waals surface area contributed by atoms with Gasteiger partial charge in [-0.3, -0.25) is 0 Å². The van der Waals surface area contributed by atoms with E-state index in [1.807, 2.05) is 0 Å². The summed E-state index contributed by atoms with van der Waals surface area (Å²) in [6, 6.07) is 0. The Morgan fingerprint density at radius 3 is 2.24 bits per heavy atom. The first-order valence-corrected chi connectivity index (χ1v) is 6.44. The maximum atomic E-state index is 11.5. The van der Waals surface area contributed by atoms with Crippen LogP contribution in [0.2, 0.25) is 0 Å². The van der Waals surface area contributed by atoms with Crippen LogP contribution in [-0.4, -0.2) is 42.0 Å². The summed E-state index contributed by atoms with van der Waals surface area (Å²) in [7, 11) is 1.24. The van der Waals surface area contributed by atoms with E-state index in [0.29, 0.717) is 5.57 Å². The van der Waals surface area contributed by atoms with E-state index in [9.17, 15) is 14.7 Å². The fourth-order valence-electron chi connectivity index (χ4n) is 1.05. The van der Waals surface area contributed by atoms with Crippen molar-refractivity contribution in [1.82, 2.24) is 5.32 Å². The molecular formula is C15H23NO5. The lowest BCUT2D eigenvalue weighted by Gasteiger charge is -2.19. The number of carbonyl (C=O) groups is 2. The first-order valence-electron chi connectivity index (χ1n) is 6.44. The molecule has 118 valence electrons. The molecule has 0 unspecified atom stereocenters. The van der Waals surface area contributed by atoms with Crippen molar-refractivity contribution in [2.24, 2.45) is 0 Å². The minimum absolute atomic E-state index is 0.00685. The lowest BCUT2D eigenvalue weighted by Crippen LogP contribution is -2.33. The van der Waals surface area contributed by atoms with Gasteiger partial charge in [0, 0.05) is 11.6 Å². The molecule has 0 spiro atoms. The summed E-state index contributed by atoms with van der Waals surface area (Å²) in [4.78, 5) is 22.8. The highest BCUT2D eigenvalue weighted by Gasteiger charge is 2.16. The second-order valence-electron chi connectivity index (χ2n) is 5.86. The van der Waals surface area contributed by atoms with Crippen LogP contribution < -0.4 is 5.32 Å². The van der Waals surface area contributed by atoms with Crippen molar-refractivity contribution < 1.29 is 24.2 Å². The maximum Gasteiger partial charge on any atom is 0.407 e. The quantitative estimate of drug-likeness (QED) is 0.467. The van der Waals surface area contributed by atoms with Crippen LogP contribution in [-0.2, 0) is 14.3 Å². The summed E-state index contributed by atoms with van der Waals surface area (Å²) in [6.07, 6.45) is 0.527. The van der Waals surface area contributed by atoms with Crippen LogP contribution in [0.15, 0.2) is 11.6 Å². The Morgan fingerprint density at radius 2 is 1.81 bits per heavy atom. The van der Waals surface area contributed by atoms with E-state index < -0.39 is 23.3 Å². The molecule has 0 atom stereocenters. The Balaban J connectivity index is 4.85. The van der Waals surface area contributed by atoms with Crippen LogP contribution in [0.4, 0.5) is 4.79 Å². The summed E-state index contributed by atoms with van der Waals surface area (Å²) in [5.74, 6) is 4.60. The largest absolute Gasteiger partial charge is 0.466 e. The molecule has 0 saturated carbocycles. The van der Waals surface area contributed by atoms with Crippen LogP contribution in [0.1, 0.15) is 34.6 Å². The zero-order valence-corrected chi connectivity index (χ0v) is 13.4. The van der Waals surface area contributed by atoms with Gasteiger partial charge in [0.2, 0.25) is 0 Å². The predicted molar refractivity (Wildman–Crippen MR) is 78.4 cm³/mol. The highest BCUT2D eigenvalue weighted by atomic mass is 16.6. The van der Waals surface area contributed by atoms with Crippen LogP contribution >= 0.6 is 0 Å². The van der Waals surface area contributed by atoms with Crippen molar-refractivity contribution in [1.29, 1.82) is 0 Å². The number of rotatable bonds is 3. The number of carbonyl (C=O) groups excluding carboxylic acids is 2. The van der Waals surface area contributed by atoms with Crippen LogP contribution in [0.5, 0.6) is 0 Å². The molecule has 0 aromatic rings. The third-order valence-corrected chi connectivity index (χ3v) is 1.84. The number of hydrogen-bond acceptors (Lipinski definition) is 5. The van der Waals surface area contributed by atoms with Gasteiger partial charge in [0.25, 0.3) is 0 Å². The molecule has 0 aromatic carbocycles. The number of alkyl carbamates (subject to hydrolysis) is 1. The summed E-state index contributed by atoms with van der Waals surface area (Å²) in [5.41, 5.74) is -1.52. The highest BCUT2D eigenvalue weighted by Crippen LogP contribution is 2.06. The molecule has 0 fully saturated rings. The first-order chi connectivity index (χ1) is 9.43. The Morgan fingerprint density at radius 1 is 1.24 bits per heavy atom. The molecule has 2 N–H and O–H groups in total. The summed E-state index contributed by atoms with van der Waals surface area (Å²) >= 11 is 0. The molecule has 21 heavy (non-hydrogen) atoms. The summed E-state index contributed by atoms with van der Waals surface area (Å²) in [6.45, 7) is 8.24. The van der Waals surface area contributed by atoms with Crippen molar-refractivity contribution >= 4 is 12.1 Å². The Kier molecular flexibility index (Phi) is 6.96. The standard InChI is InChI=1S/C15H23NO5/c1-14(2,3)21-13(18)16-10-11(9-12(17)20-6)7-8-15(4,5)19/h9,19H,10H2,1-6H3,(H,16,18)/b11-9+. The van der Waals surface area contributed by atoms with E-state index in [1.165, 1.54) is 21.0 Å². The van der Waals surface area contributed by atoms with Crippen LogP contribution in [0, 0.1) is 11.8 Å².